The minimum atomic E-state index is 0.917. The van der Waals surface area contributed by atoms with Crippen LogP contribution in [0.3, 0.4) is 0 Å². The van der Waals surface area contributed by atoms with E-state index >= 15 is 0 Å². The largest absolute Gasteiger partial charge is 0.361 e. The molecule has 4 heterocycles. The van der Waals surface area contributed by atoms with Crippen molar-refractivity contribution >= 4 is 22.4 Å². The average Bonchev–Trinajstić information content (AvgIpc) is 3.86. The van der Waals surface area contributed by atoms with Crippen LogP contribution in [0.1, 0.15) is 28.1 Å². The van der Waals surface area contributed by atoms with E-state index in [9.17, 15) is 0 Å². The van der Waals surface area contributed by atoms with Crippen LogP contribution in [0.2, 0.25) is 0 Å². The number of allylic oxidation sites excluding steroid dienone is 2. The first-order chi connectivity index (χ1) is 20.3. The summed E-state index contributed by atoms with van der Waals surface area (Å²) >= 11 is 0. The monoisotopic (exact) mass is 528 g/mol. The molecule has 0 fully saturated rings. The van der Waals surface area contributed by atoms with E-state index in [-0.39, 0.29) is 0 Å². The summed E-state index contributed by atoms with van der Waals surface area (Å²) in [4.78, 5) is 15.8. The Bertz CT molecular complexity index is 1990. The molecule has 4 heteroatoms. The molecule has 0 saturated carbocycles. The van der Waals surface area contributed by atoms with Gasteiger partial charge in [-0.2, -0.15) is 0 Å². The van der Waals surface area contributed by atoms with Crippen molar-refractivity contribution in [2.75, 3.05) is 0 Å². The Kier molecular flexibility index (Phi) is 6.48. The summed E-state index contributed by atoms with van der Waals surface area (Å²) in [5, 5.41) is 2.05. The van der Waals surface area contributed by atoms with Gasteiger partial charge in [-0.25, -0.2) is 4.99 Å². The van der Waals surface area contributed by atoms with E-state index in [2.05, 4.69) is 124 Å². The SMILES string of the molecule is C1=C/C(=C(\c2ccccc2)c2ccc[nH]2)N=C1/C(c1ccccc1)=c1/cc/c(=C(\c2ccccc2)c2ccc[nH]2)[nH]1. The summed E-state index contributed by atoms with van der Waals surface area (Å²) in [6.07, 6.45) is 8.15. The van der Waals surface area contributed by atoms with Crippen LogP contribution in [-0.4, -0.2) is 20.7 Å². The number of aliphatic imine (C=N–C) groups is 1. The van der Waals surface area contributed by atoms with E-state index in [1.54, 1.807) is 0 Å². The van der Waals surface area contributed by atoms with E-state index < -0.39 is 0 Å². The third-order valence-electron chi connectivity index (χ3n) is 7.30. The highest BCUT2D eigenvalue weighted by molar-refractivity contribution is 6.30. The lowest BCUT2D eigenvalue weighted by Crippen LogP contribution is -2.19. The van der Waals surface area contributed by atoms with Gasteiger partial charge in [-0.05, 0) is 65.2 Å². The molecule has 6 aromatic rings. The van der Waals surface area contributed by atoms with Crippen LogP contribution in [0.25, 0.3) is 16.7 Å². The zero-order valence-electron chi connectivity index (χ0n) is 22.4. The highest BCUT2D eigenvalue weighted by atomic mass is 14.8. The summed E-state index contributed by atoms with van der Waals surface area (Å²) in [6, 6.07) is 44.0. The predicted octanol–water partition coefficient (Wildman–Crippen LogP) is 6.59. The molecule has 1 aliphatic heterocycles. The number of hydrogen-bond acceptors (Lipinski definition) is 1. The molecule has 0 amide bonds. The highest BCUT2D eigenvalue weighted by Gasteiger charge is 2.19. The molecule has 4 nitrogen and oxygen atoms in total. The molecule has 3 aromatic heterocycles. The van der Waals surface area contributed by atoms with Gasteiger partial charge in [0.15, 0.2) is 0 Å². The standard InChI is InChI=1S/C37H28N4/c1-4-12-26(13-5-1)35(29-18-10-24-38-29)31-20-22-33(40-31)37(28-16-8-3-9-17-28)34-23-21-32(41-34)36(30-19-11-25-39-30)27-14-6-2-7-15-27/h1-25,38-40H/b35-31-,36-32-,37-33-. The minimum Gasteiger partial charge on any atom is -0.361 e. The van der Waals surface area contributed by atoms with Crippen molar-refractivity contribution in [2.45, 2.75) is 0 Å². The third-order valence-corrected chi connectivity index (χ3v) is 7.30. The summed E-state index contributed by atoms with van der Waals surface area (Å²) in [7, 11) is 0. The fourth-order valence-electron chi connectivity index (χ4n) is 5.45. The van der Waals surface area contributed by atoms with Crippen molar-refractivity contribution in [3.63, 3.8) is 0 Å². The molecular formula is C37H28N4. The molecule has 3 N–H and O–H groups in total. The Morgan fingerprint density at radius 2 is 0.927 bits per heavy atom. The van der Waals surface area contributed by atoms with Crippen LogP contribution >= 0.6 is 0 Å². The molecule has 3 aromatic carbocycles. The zero-order chi connectivity index (χ0) is 27.4. The van der Waals surface area contributed by atoms with Crippen LogP contribution in [0.5, 0.6) is 0 Å². The average molecular weight is 529 g/mol. The fraction of sp³-hybridized carbons (Fsp3) is 0. The van der Waals surface area contributed by atoms with Crippen LogP contribution in [-0.2, 0) is 0 Å². The lowest BCUT2D eigenvalue weighted by molar-refractivity contribution is 1.23. The summed E-state index contributed by atoms with van der Waals surface area (Å²) < 4.78 is 0. The number of H-pyrrole nitrogens is 3. The Labute approximate surface area is 238 Å². The van der Waals surface area contributed by atoms with Gasteiger partial charge >= 0.3 is 0 Å². The quantitative estimate of drug-likeness (QED) is 0.219. The third kappa shape index (κ3) is 4.83. The molecule has 7 rings (SSSR count). The van der Waals surface area contributed by atoms with E-state index in [1.807, 2.05) is 42.7 Å². The number of nitrogens with zero attached hydrogens (tertiary/aromatic N) is 1. The van der Waals surface area contributed by atoms with Crippen molar-refractivity contribution in [2.24, 2.45) is 4.99 Å². The molecule has 0 bridgehead atoms. The van der Waals surface area contributed by atoms with Crippen LogP contribution in [0.15, 0.2) is 163 Å². The Morgan fingerprint density at radius 3 is 1.46 bits per heavy atom. The van der Waals surface area contributed by atoms with Gasteiger partial charge in [-0.15, -0.1) is 0 Å². The Balaban J connectivity index is 1.47. The van der Waals surface area contributed by atoms with E-state index in [4.69, 9.17) is 4.99 Å². The topological polar surface area (TPSA) is 59.7 Å². The molecule has 0 spiro atoms. The molecule has 0 radical (unpaired) electrons. The zero-order valence-corrected chi connectivity index (χ0v) is 22.4. The molecule has 0 atom stereocenters. The molecular weight excluding hydrogens is 500 g/mol. The lowest BCUT2D eigenvalue weighted by Gasteiger charge is -2.09. The second kappa shape index (κ2) is 10.9. The first-order valence-corrected chi connectivity index (χ1v) is 13.7. The van der Waals surface area contributed by atoms with Crippen LogP contribution in [0, 0.1) is 0 Å². The number of nitrogens with one attached hydrogen (secondary N) is 3. The molecule has 196 valence electrons. The maximum Gasteiger partial charge on any atom is 0.0737 e. The van der Waals surface area contributed by atoms with E-state index in [1.165, 1.54) is 0 Å². The summed E-state index contributed by atoms with van der Waals surface area (Å²) in [6.45, 7) is 0. The van der Waals surface area contributed by atoms with E-state index in [0.717, 1.165) is 66.9 Å². The van der Waals surface area contributed by atoms with Gasteiger partial charge in [-0.1, -0.05) is 91.0 Å². The lowest BCUT2D eigenvalue weighted by atomic mass is 10.0. The van der Waals surface area contributed by atoms with Crippen molar-refractivity contribution in [1.29, 1.82) is 0 Å². The molecule has 0 aliphatic carbocycles. The normalized spacial score (nSPS) is 15.5. The predicted molar refractivity (Wildman–Crippen MR) is 168 cm³/mol. The molecule has 1 aliphatic rings. The van der Waals surface area contributed by atoms with Gasteiger partial charge in [0.05, 0.1) is 11.4 Å². The molecule has 0 saturated heterocycles. The van der Waals surface area contributed by atoms with Gasteiger partial charge in [0, 0.05) is 51.2 Å². The van der Waals surface area contributed by atoms with Crippen molar-refractivity contribution < 1.29 is 0 Å². The van der Waals surface area contributed by atoms with Crippen molar-refractivity contribution in [1.82, 2.24) is 15.0 Å². The second-order valence-corrected chi connectivity index (χ2v) is 9.89. The van der Waals surface area contributed by atoms with Gasteiger partial charge in [-0.3, -0.25) is 0 Å². The van der Waals surface area contributed by atoms with Gasteiger partial charge in [0.2, 0.25) is 0 Å². The Morgan fingerprint density at radius 1 is 0.439 bits per heavy atom. The van der Waals surface area contributed by atoms with Crippen molar-refractivity contribution in [3.05, 3.63) is 196 Å². The molecule has 41 heavy (non-hydrogen) atoms. The maximum atomic E-state index is 5.23. The van der Waals surface area contributed by atoms with E-state index in [0.29, 0.717) is 0 Å². The Hall–Kier alpha value is -5.61. The first-order valence-electron chi connectivity index (χ1n) is 13.7. The highest BCUT2D eigenvalue weighted by Crippen LogP contribution is 2.31. The summed E-state index contributed by atoms with van der Waals surface area (Å²) in [5.41, 5.74) is 10.6. The summed E-state index contributed by atoms with van der Waals surface area (Å²) in [5.74, 6) is 0. The number of hydrogen-bond donors (Lipinski definition) is 3. The smallest absolute Gasteiger partial charge is 0.0737 e. The van der Waals surface area contributed by atoms with Gasteiger partial charge in [0.1, 0.15) is 0 Å². The number of aromatic nitrogens is 3. The van der Waals surface area contributed by atoms with Gasteiger partial charge < -0.3 is 15.0 Å². The van der Waals surface area contributed by atoms with Gasteiger partial charge in [0.25, 0.3) is 0 Å². The van der Waals surface area contributed by atoms with Crippen molar-refractivity contribution in [3.8, 4) is 0 Å². The number of rotatable bonds is 6. The first kappa shape index (κ1) is 24.4. The maximum absolute atomic E-state index is 5.23. The molecule has 0 unspecified atom stereocenters. The number of aromatic amines is 3. The number of benzene rings is 3. The van der Waals surface area contributed by atoms with Crippen LogP contribution in [0.4, 0.5) is 0 Å². The minimum absolute atomic E-state index is 0.917. The second-order valence-electron chi connectivity index (χ2n) is 9.89. The van der Waals surface area contributed by atoms with Crippen LogP contribution < -0.4 is 10.7 Å². The fourth-order valence-corrected chi connectivity index (χ4v) is 5.45.